The highest BCUT2D eigenvalue weighted by atomic mass is 35.5. The number of hydrogen-bond donors (Lipinski definition) is 1. The standard InChI is InChI=1S/C13H12Cl2N2/c1-9-4-5-16-8-13(9)17-7-10-2-3-11(14)6-12(10)15/h2-6,8,17H,7H2,1H3. The predicted octanol–water partition coefficient (Wildman–Crippen LogP) is 4.31. The average Bonchev–Trinajstić information content (AvgIpc) is 2.30. The summed E-state index contributed by atoms with van der Waals surface area (Å²) in [6.07, 6.45) is 3.58. The molecule has 1 N–H and O–H groups in total. The van der Waals surface area contributed by atoms with Crippen LogP contribution in [0.3, 0.4) is 0 Å². The smallest absolute Gasteiger partial charge is 0.0559 e. The number of rotatable bonds is 3. The third-order valence-electron chi connectivity index (χ3n) is 2.52. The molecule has 0 spiro atoms. The third-order valence-corrected chi connectivity index (χ3v) is 3.11. The molecule has 0 saturated heterocycles. The fraction of sp³-hybridized carbons (Fsp3) is 0.154. The van der Waals surface area contributed by atoms with E-state index in [9.17, 15) is 0 Å². The molecule has 17 heavy (non-hydrogen) atoms. The molecule has 4 heteroatoms. The third kappa shape index (κ3) is 3.11. The summed E-state index contributed by atoms with van der Waals surface area (Å²) in [7, 11) is 0. The Morgan fingerprint density at radius 2 is 2.06 bits per heavy atom. The van der Waals surface area contributed by atoms with Crippen molar-refractivity contribution >= 4 is 28.9 Å². The van der Waals surface area contributed by atoms with Gasteiger partial charge in [0.1, 0.15) is 0 Å². The first-order valence-corrected chi connectivity index (χ1v) is 6.01. The van der Waals surface area contributed by atoms with Gasteiger partial charge in [-0.25, -0.2) is 0 Å². The van der Waals surface area contributed by atoms with E-state index in [2.05, 4.69) is 10.3 Å². The molecule has 0 atom stereocenters. The second-order valence-electron chi connectivity index (χ2n) is 3.78. The normalized spacial score (nSPS) is 10.3. The van der Waals surface area contributed by atoms with Gasteiger partial charge in [-0.05, 0) is 36.2 Å². The fourth-order valence-electron chi connectivity index (χ4n) is 1.50. The van der Waals surface area contributed by atoms with Crippen molar-refractivity contribution in [1.82, 2.24) is 4.98 Å². The molecule has 1 heterocycles. The molecule has 88 valence electrons. The minimum absolute atomic E-state index is 0.649. The monoisotopic (exact) mass is 266 g/mol. The molecule has 0 saturated carbocycles. The highest BCUT2D eigenvalue weighted by Gasteiger charge is 2.02. The van der Waals surface area contributed by atoms with Crippen molar-refractivity contribution in [3.63, 3.8) is 0 Å². The van der Waals surface area contributed by atoms with Crippen LogP contribution in [0.15, 0.2) is 36.7 Å². The summed E-state index contributed by atoms with van der Waals surface area (Å²) in [5.41, 5.74) is 3.18. The number of halogens is 2. The van der Waals surface area contributed by atoms with Crippen molar-refractivity contribution in [1.29, 1.82) is 0 Å². The summed E-state index contributed by atoms with van der Waals surface area (Å²) in [4.78, 5) is 4.08. The van der Waals surface area contributed by atoms with Gasteiger partial charge in [-0.2, -0.15) is 0 Å². The van der Waals surface area contributed by atoms with E-state index in [-0.39, 0.29) is 0 Å². The lowest BCUT2D eigenvalue weighted by atomic mass is 10.2. The number of pyridine rings is 1. The van der Waals surface area contributed by atoms with E-state index >= 15 is 0 Å². The quantitative estimate of drug-likeness (QED) is 0.896. The molecule has 2 aromatic rings. The zero-order valence-corrected chi connectivity index (χ0v) is 10.9. The molecular formula is C13H12Cl2N2. The van der Waals surface area contributed by atoms with E-state index < -0.39 is 0 Å². The Kier molecular flexibility index (Phi) is 3.87. The minimum Gasteiger partial charge on any atom is -0.379 e. The lowest BCUT2D eigenvalue weighted by Crippen LogP contribution is -2.01. The van der Waals surface area contributed by atoms with Gasteiger partial charge in [-0.15, -0.1) is 0 Å². The number of anilines is 1. The number of nitrogens with zero attached hydrogens (tertiary/aromatic N) is 1. The largest absolute Gasteiger partial charge is 0.379 e. The molecule has 0 amide bonds. The van der Waals surface area contributed by atoms with E-state index in [0.29, 0.717) is 16.6 Å². The van der Waals surface area contributed by atoms with Gasteiger partial charge in [0.2, 0.25) is 0 Å². The molecule has 0 radical (unpaired) electrons. The van der Waals surface area contributed by atoms with Gasteiger partial charge in [0.25, 0.3) is 0 Å². The highest BCUT2D eigenvalue weighted by Crippen LogP contribution is 2.22. The number of hydrogen-bond acceptors (Lipinski definition) is 2. The Labute approximate surface area is 111 Å². The zero-order valence-electron chi connectivity index (χ0n) is 9.37. The Morgan fingerprint density at radius 3 is 2.76 bits per heavy atom. The molecule has 1 aromatic heterocycles. The Hall–Kier alpha value is -1.25. The molecule has 0 aliphatic carbocycles. The summed E-state index contributed by atoms with van der Waals surface area (Å²) < 4.78 is 0. The van der Waals surface area contributed by atoms with E-state index in [0.717, 1.165) is 16.8 Å². The maximum Gasteiger partial charge on any atom is 0.0559 e. The maximum absolute atomic E-state index is 6.10. The molecular weight excluding hydrogens is 255 g/mol. The zero-order chi connectivity index (χ0) is 12.3. The summed E-state index contributed by atoms with van der Waals surface area (Å²) in [5.74, 6) is 0. The van der Waals surface area contributed by atoms with Crippen LogP contribution in [0.25, 0.3) is 0 Å². The van der Waals surface area contributed by atoms with Crippen LogP contribution in [0.4, 0.5) is 5.69 Å². The van der Waals surface area contributed by atoms with E-state index in [4.69, 9.17) is 23.2 Å². The number of aryl methyl sites for hydroxylation is 1. The van der Waals surface area contributed by atoms with Crippen LogP contribution in [0.5, 0.6) is 0 Å². The Balaban J connectivity index is 2.10. The first-order chi connectivity index (χ1) is 8.16. The van der Waals surface area contributed by atoms with Crippen molar-refractivity contribution in [3.8, 4) is 0 Å². The number of benzene rings is 1. The van der Waals surface area contributed by atoms with Crippen molar-refractivity contribution < 1.29 is 0 Å². The van der Waals surface area contributed by atoms with Gasteiger partial charge in [-0.3, -0.25) is 4.98 Å². The van der Waals surface area contributed by atoms with Crippen LogP contribution in [0.2, 0.25) is 10.0 Å². The molecule has 0 unspecified atom stereocenters. The maximum atomic E-state index is 6.10. The second kappa shape index (κ2) is 5.39. The van der Waals surface area contributed by atoms with Gasteiger partial charge in [0.15, 0.2) is 0 Å². The fourth-order valence-corrected chi connectivity index (χ4v) is 1.98. The van der Waals surface area contributed by atoms with Crippen molar-refractivity contribution in [2.24, 2.45) is 0 Å². The van der Waals surface area contributed by atoms with Crippen LogP contribution in [0.1, 0.15) is 11.1 Å². The molecule has 0 bridgehead atoms. The van der Waals surface area contributed by atoms with Gasteiger partial charge < -0.3 is 5.32 Å². The van der Waals surface area contributed by atoms with Crippen LogP contribution < -0.4 is 5.32 Å². The molecule has 0 aliphatic heterocycles. The SMILES string of the molecule is Cc1ccncc1NCc1ccc(Cl)cc1Cl. The second-order valence-corrected chi connectivity index (χ2v) is 4.62. The lowest BCUT2D eigenvalue weighted by molar-refractivity contribution is 1.12. The minimum atomic E-state index is 0.649. The van der Waals surface area contributed by atoms with E-state index in [1.165, 1.54) is 0 Å². The van der Waals surface area contributed by atoms with E-state index in [1.807, 2.05) is 25.1 Å². The summed E-state index contributed by atoms with van der Waals surface area (Å²) in [5, 5.41) is 4.62. The predicted molar refractivity (Wildman–Crippen MR) is 72.8 cm³/mol. The number of aromatic nitrogens is 1. The van der Waals surface area contributed by atoms with Crippen LogP contribution in [-0.4, -0.2) is 4.98 Å². The Morgan fingerprint density at radius 1 is 1.24 bits per heavy atom. The molecule has 1 aromatic carbocycles. The first kappa shape index (κ1) is 12.2. The molecule has 2 rings (SSSR count). The molecule has 2 nitrogen and oxygen atoms in total. The van der Waals surface area contributed by atoms with Gasteiger partial charge >= 0.3 is 0 Å². The molecule has 0 aliphatic rings. The molecule has 0 fully saturated rings. The van der Waals surface area contributed by atoms with Gasteiger partial charge in [-0.1, -0.05) is 29.3 Å². The Bertz CT molecular complexity index is 527. The van der Waals surface area contributed by atoms with Crippen molar-refractivity contribution in [3.05, 3.63) is 57.8 Å². The van der Waals surface area contributed by atoms with Gasteiger partial charge in [0, 0.05) is 22.8 Å². The topological polar surface area (TPSA) is 24.9 Å². The summed E-state index contributed by atoms with van der Waals surface area (Å²) in [6, 6.07) is 7.46. The van der Waals surface area contributed by atoms with Crippen LogP contribution >= 0.6 is 23.2 Å². The highest BCUT2D eigenvalue weighted by molar-refractivity contribution is 6.35. The first-order valence-electron chi connectivity index (χ1n) is 5.25. The van der Waals surface area contributed by atoms with E-state index in [1.54, 1.807) is 18.5 Å². The lowest BCUT2D eigenvalue weighted by Gasteiger charge is -2.10. The number of nitrogens with one attached hydrogen (secondary N) is 1. The van der Waals surface area contributed by atoms with Crippen LogP contribution in [0, 0.1) is 6.92 Å². The van der Waals surface area contributed by atoms with Crippen LogP contribution in [-0.2, 0) is 6.54 Å². The average molecular weight is 267 g/mol. The van der Waals surface area contributed by atoms with Gasteiger partial charge in [0.05, 0.1) is 11.9 Å². The van der Waals surface area contributed by atoms with Crippen molar-refractivity contribution in [2.75, 3.05) is 5.32 Å². The summed E-state index contributed by atoms with van der Waals surface area (Å²) in [6.45, 7) is 2.69. The summed E-state index contributed by atoms with van der Waals surface area (Å²) >= 11 is 11.9. The van der Waals surface area contributed by atoms with Crippen molar-refractivity contribution in [2.45, 2.75) is 13.5 Å².